The average molecular weight is 471 g/mol. The molecule has 2 amide bonds. The van der Waals surface area contributed by atoms with Gasteiger partial charge >= 0.3 is 0 Å². The van der Waals surface area contributed by atoms with E-state index < -0.39 is 6.04 Å². The van der Waals surface area contributed by atoms with E-state index in [4.69, 9.17) is 0 Å². The first kappa shape index (κ1) is 25.3. The van der Waals surface area contributed by atoms with Gasteiger partial charge in [0.25, 0.3) is 0 Å². The maximum absolute atomic E-state index is 13.4. The van der Waals surface area contributed by atoms with Crippen molar-refractivity contribution in [3.8, 4) is 0 Å². The quantitative estimate of drug-likeness (QED) is 0.442. The minimum absolute atomic E-state index is 0.0513. The van der Waals surface area contributed by atoms with Gasteiger partial charge < -0.3 is 10.2 Å². The third-order valence-corrected chi connectivity index (χ3v) is 7.22. The topological polar surface area (TPSA) is 49.4 Å². The van der Waals surface area contributed by atoms with Crippen LogP contribution in [0.25, 0.3) is 0 Å². The van der Waals surface area contributed by atoms with Crippen LogP contribution in [0.15, 0.2) is 53.4 Å². The Labute approximate surface area is 201 Å². The fourth-order valence-electron chi connectivity index (χ4n) is 4.28. The van der Waals surface area contributed by atoms with Crippen molar-refractivity contribution in [3.05, 3.63) is 65.5 Å². The number of carbonyl (C=O) groups is 2. The Morgan fingerprint density at radius 1 is 1.06 bits per heavy atom. The second-order valence-corrected chi connectivity index (χ2v) is 10.00. The molecule has 1 fully saturated rings. The molecule has 0 aromatic heterocycles. The van der Waals surface area contributed by atoms with Gasteiger partial charge in [0.15, 0.2) is 0 Å². The highest BCUT2D eigenvalue weighted by atomic mass is 32.2. The summed E-state index contributed by atoms with van der Waals surface area (Å²) in [5.41, 5.74) is 2.02. The van der Waals surface area contributed by atoms with Crippen LogP contribution in [0.2, 0.25) is 0 Å². The van der Waals surface area contributed by atoms with Gasteiger partial charge in [-0.2, -0.15) is 0 Å². The van der Waals surface area contributed by atoms with Crippen molar-refractivity contribution in [2.75, 3.05) is 5.75 Å². The fourth-order valence-corrected chi connectivity index (χ4v) is 5.13. The molecule has 0 saturated heterocycles. The maximum atomic E-state index is 13.4. The predicted octanol–water partition coefficient (Wildman–Crippen LogP) is 5.87. The summed E-state index contributed by atoms with van der Waals surface area (Å²) < 4.78 is 13.4. The Morgan fingerprint density at radius 2 is 1.73 bits per heavy atom. The highest BCUT2D eigenvalue weighted by Gasteiger charge is 2.30. The zero-order valence-corrected chi connectivity index (χ0v) is 20.5. The zero-order valence-electron chi connectivity index (χ0n) is 19.7. The van der Waals surface area contributed by atoms with Gasteiger partial charge in [0.05, 0.1) is 0 Å². The lowest BCUT2D eigenvalue weighted by Crippen LogP contribution is -2.51. The Kier molecular flexibility index (Phi) is 9.79. The number of nitrogens with zero attached hydrogens (tertiary/aromatic N) is 1. The first-order valence-corrected chi connectivity index (χ1v) is 13.0. The Bertz CT molecular complexity index is 895. The van der Waals surface area contributed by atoms with Crippen LogP contribution in [0.5, 0.6) is 0 Å². The van der Waals surface area contributed by atoms with Crippen molar-refractivity contribution in [1.29, 1.82) is 0 Å². The van der Waals surface area contributed by atoms with Crippen molar-refractivity contribution >= 4 is 23.6 Å². The summed E-state index contributed by atoms with van der Waals surface area (Å²) in [6.07, 6.45) is 6.37. The van der Waals surface area contributed by atoms with E-state index in [-0.39, 0.29) is 23.7 Å². The zero-order chi connectivity index (χ0) is 23.6. The van der Waals surface area contributed by atoms with Crippen molar-refractivity contribution in [3.63, 3.8) is 0 Å². The van der Waals surface area contributed by atoms with Crippen LogP contribution in [0.4, 0.5) is 4.39 Å². The molecule has 1 aliphatic rings. The molecule has 3 rings (SSSR count). The molecule has 1 atom stereocenters. The molecule has 0 bridgehead atoms. The number of thioether (sulfide) groups is 1. The molecule has 1 unspecified atom stereocenters. The van der Waals surface area contributed by atoms with E-state index in [1.54, 1.807) is 28.8 Å². The minimum atomic E-state index is -0.533. The molecule has 0 heterocycles. The van der Waals surface area contributed by atoms with Crippen LogP contribution in [0.3, 0.4) is 0 Å². The monoisotopic (exact) mass is 470 g/mol. The fraction of sp³-hybridized carbons (Fsp3) is 0.481. The largest absolute Gasteiger partial charge is 0.352 e. The third-order valence-electron chi connectivity index (χ3n) is 6.21. The van der Waals surface area contributed by atoms with Crippen molar-refractivity contribution in [2.45, 2.75) is 82.3 Å². The number of hydrogen-bond donors (Lipinski definition) is 1. The summed E-state index contributed by atoms with van der Waals surface area (Å²) in [5, 5.41) is 3.19. The van der Waals surface area contributed by atoms with Crippen LogP contribution in [0, 0.1) is 12.7 Å². The number of benzene rings is 2. The number of nitrogens with one attached hydrogen (secondary N) is 1. The third kappa shape index (κ3) is 7.88. The van der Waals surface area contributed by atoms with Crippen LogP contribution in [0.1, 0.15) is 63.0 Å². The van der Waals surface area contributed by atoms with Crippen LogP contribution in [-0.2, 0) is 16.1 Å². The molecule has 2 aromatic carbocycles. The van der Waals surface area contributed by atoms with Gasteiger partial charge in [-0.15, -0.1) is 11.8 Å². The molecule has 1 saturated carbocycles. The second kappa shape index (κ2) is 12.8. The average Bonchev–Trinajstić information content (AvgIpc) is 2.82. The van der Waals surface area contributed by atoms with Gasteiger partial charge in [0.1, 0.15) is 11.9 Å². The summed E-state index contributed by atoms with van der Waals surface area (Å²) >= 11 is 1.64. The maximum Gasteiger partial charge on any atom is 0.243 e. The van der Waals surface area contributed by atoms with E-state index in [1.807, 2.05) is 6.92 Å². The van der Waals surface area contributed by atoms with Gasteiger partial charge in [0.2, 0.25) is 11.8 Å². The lowest BCUT2D eigenvalue weighted by atomic mass is 9.95. The number of aryl methyl sites for hydroxylation is 1. The van der Waals surface area contributed by atoms with Crippen molar-refractivity contribution in [2.24, 2.45) is 0 Å². The van der Waals surface area contributed by atoms with Gasteiger partial charge in [0, 0.05) is 29.7 Å². The molecule has 0 aliphatic heterocycles. The Morgan fingerprint density at radius 3 is 2.36 bits per heavy atom. The Balaban J connectivity index is 1.68. The summed E-state index contributed by atoms with van der Waals surface area (Å²) in [4.78, 5) is 29.3. The number of carbonyl (C=O) groups excluding carboxylic acids is 2. The normalized spacial score (nSPS) is 15.1. The van der Waals surface area contributed by atoms with Gasteiger partial charge in [-0.05, 0) is 56.0 Å². The summed E-state index contributed by atoms with van der Waals surface area (Å²) in [6.45, 7) is 4.29. The molecule has 6 heteroatoms. The lowest BCUT2D eigenvalue weighted by Gasteiger charge is -2.33. The molecule has 33 heavy (non-hydrogen) atoms. The van der Waals surface area contributed by atoms with E-state index in [9.17, 15) is 14.0 Å². The summed E-state index contributed by atoms with van der Waals surface area (Å²) in [7, 11) is 0. The summed E-state index contributed by atoms with van der Waals surface area (Å²) in [6, 6.07) is 14.1. The lowest BCUT2D eigenvalue weighted by molar-refractivity contribution is -0.141. The van der Waals surface area contributed by atoms with Gasteiger partial charge in [-0.25, -0.2) is 4.39 Å². The van der Waals surface area contributed by atoms with Crippen LogP contribution in [-0.4, -0.2) is 34.6 Å². The number of rotatable bonds is 10. The smallest absolute Gasteiger partial charge is 0.243 e. The van der Waals surface area contributed by atoms with Gasteiger partial charge in [-0.1, -0.05) is 56.0 Å². The van der Waals surface area contributed by atoms with Gasteiger partial charge in [-0.3, -0.25) is 9.59 Å². The molecule has 1 aliphatic carbocycles. The number of hydrogen-bond acceptors (Lipinski definition) is 3. The molecule has 178 valence electrons. The first-order chi connectivity index (χ1) is 16.0. The molecular weight excluding hydrogens is 435 g/mol. The van der Waals surface area contributed by atoms with E-state index in [0.717, 1.165) is 36.1 Å². The molecule has 4 nitrogen and oxygen atoms in total. The standard InChI is InChI=1S/C27H35FN2O2S/c1-3-25(27(32)29-23-7-5-4-6-8-23)30(19-21-11-13-22(28)14-12-21)26(31)17-18-33-24-15-9-20(2)10-16-24/h9-16,23,25H,3-8,17-19H2,1-2H3,(H,29,32). The highest BCUT2D eigenvalue weighted by molar-refractivity contribution is 7.99. The minimum Gasteiger partial charge on any atom is -0.352 e. The van der Waals surface area contributed by atoms with Crippen LogP contribution >= 0.6 is 11.8 Å². The second-order valence-electron chi connectivity index (χ2n) is 8.83. The van der Waals surface area contributed by atoms with E-state index >= 15 is 0 Å². The highest BCUT2D eigenvalue weighted by Crippen LogP contribution is 2.22. The van der Waals surface area contributed by atoms with E-state index in [1.165, 1.54) is 24.1 Å². The molecule has 2 aromatic rings. The first-order valence-electron chi connectivity index (χ1n) is 12.0. The molecule has 1 N–H and O–H groups in total. The van der Waals surface area contributed by atoms with E-state index in [0.29, 0.717) is 25.1 Å². The molecular formula is C27H35FN2O2S. The predicted molar refractivity (Wildman–Crippen MR) is 133 cm³/mol. The summed E-state index contributed by atoms with van der Waals surface area (Å²) in [5.74, 6) is 0.200. The van der Waals surface area contributed by atoms with Crippen molar-refractivity contribution < 1.29 is 14.0 Å². The SMILES string of the molecule is CCC(C(=O)NC1CCCCC1)N(Cc1ccc(F)cc1)C(=O)CCSc1ccc(C)cc1. The number of halogens is 1. The van der Waals surface area contributed by atoms with Crippen molar-refractivity contribution in [1.82, 2.24) is 10.2 Å². The molecule has 0 radical (unpaired) electrons. The van der Waals surface area contributed by atoms with E-state index in [2.05, 4.69) is 36.5 Å². The number of amides is 2. The Hall–Kier alpha value is -2.34. The van der Waals surface area contributed by atoms with Crippen LogP contribution < -0.4 is 5.32 Å². The molecule has 0 spiro atoms.